The molecule has 3 N–H and O–H groups in total. The molecule has 2 heterocycles. The number of carbonyl (C=O) groups is 1. The van der Waals surface area contributed by atoms with Gasteiger partial charge in [0.1, 0.15) is 12.1 Å². The van der Waals surface area contributed by atoms with Crippen LogP contribution in [-0.4, -0.2) is 44.7 Å². The Morgan fingerprint density at radius 3 is 2.70 bits per heavy atom. The molecule has 1 aliphatic carbocycles. The monoisotopic (exact) mass is 511 g/mol. The van der Waals surface area contributed by atoms with Crippen molar-refractivity contribution in [3.63, 3.8) is 0 Å². The Labute approximate surface area is 212 Å². The van der Waals surface area contributed by atoms with Crippen LogP contribution in [0.2, 0.25) is 0 Å². The Bertz CT molecular complexity index is 1310. The van der Waals surface area contributed by atoms with Crippen LogP contribution in [0.15, 0.2) is 48.8 Å². The first-order valence-electron chi connectivity index (χ1n) is 12.4. The molecule has 0 bridgehead atoms. The van der Waals surface area contributed by atoms with Crippen LogP contribution in [0.25, 0.3) is 11.3 Å². The maximum atomic E-state index is 13.5. The number of aliphatic hydroxyl groups excluding tert-OH is 1. The minimum atomic E-state index is -4.56. The van der Waals surface area contributed by atoms with Crippen LogP contribution >= 0.6 is 0 Å². The minimum absolute atomic E-state index is 0.0134. The fourth-order valence-corrected chi connectivity index (χ4v) is 5.07. The molecule has 2 aromatic carbocycles. The fourth-order valence-electron chi connectivity index (χ4n) is 5.07. The van der Waals surface area contributed by atoms with Gasteiger partial charge in [-0.05, 0) is 61.9 Å². The van der Waals surface area contributed by atoms with Crippen LogP contribution in [-0.2, 0) is 19.0 Å². The predicted molar refractivity (Wildman–Crippen MR) is 135 cm³/mol. The van der Waals surface area contributed by atoms with E-state index in [9.17, 15) is 23.1 Å². The average Bonchev–Trinajstić information content (AvgIpc) is 3.30. The first-order valence-corrected chi connectivity index (χ1v) is 12.4. The molecule has 0 radical (unpaired) electrons. The van der Waals surface area contributed by atoms with E-state index in [4.69, 9.17) is 0 Å². The molecule has 10 heteroatoms. The van der Waals surface area contributed by atoms with Gasteiger partial charge < -0.3 is 20.6 Å². The van der Waals surface area contributed by atoms with Crippen molar-refractivity contribution in [2.75, 3.05) is 17.2 Å². The highest BCUT2D eigenvalue weighted by atomic mass is 19.4. The quantitative estimate of drug-likeness (QED) is 0.414. The summed E-state index contributed by atoms with van der Waals surface area (Å²) in [5.74, 6) is 0.448. The lowest BCUT2D eigenvalue weighted by Crippen LogP contribution is -2.37. The van der Waals surface area contributed by atoms with Crippen LogP contribution in [0.3, 0.4) is 0 Å². The number of likely N-dealkylation sites (tertiary alicyclic amines) is 1. The molecule has 0 spiro atoms. The number of alkyl halides is 3. The van der Waals surface area contributed by atoms with E-state index in [2.05, 4.69) is 20.6 Å². The van der Waals surface area contributed by atoms with Gasteiger partial charge in [-0.25, -0.2) is 14.8 Å². The molecule has 1 aliphatic heterocycles. The molecule has 2 aliphatic rings. The highest BCUT2D eigenvalue weighted by Gasteiger charge is 2.32. The van der Waals surface area contributed by atoms with Crippen LogP contribution in [0.4, 0.5) is 35.2 Å². The molecule has 2 atom stereocenters. The number of aliphatic hydroxyl groups is 1. The second-order valence-corrected chi connectivity index (χ2v) is 9.63. The molecule has 1 saturated heterocycles. The van der Waals surface area contributed by atoms with Crippen LogP contribution in [0, 0.1) is 0 Å². The number of rotatable bonds is 4. The number of nitrogens with one attached hydrogen (secondary N) is 2. The number of aryl methyl sites for hydroxylation is 1. The lowest BCUT2D eigenvalue weighted by molar-refractivity contribution is -0.137. The first kappa shape index (κ1) is 25.0. The van der Waals surface area contributed by atoms with Gasteiger partial charge in [-0.2, -0.15) is 13.2 Å². The van der Waals surface area contributed by atoms with Crippen LogP contribution in [0.5, 0.6) is 0 Å². The van der Waals surface area contributed by atoms with Crippen LogP contribution < -0.4 is 10.6 Å². The maximum Gasteiger partial charge on any atom is 0.416 e. The third-order valence-corrected chi connectivity index (χ3v) is 7.07. The van der Waals surface area contributed by atoms with Gasteiger partial charge in [0.25, 0.3) is 0 Å². The lowest BCUT2D eigenvalue weighted by Gasteiger charge is -2.24. The number of amides is 2. The molecule has 37 heavy (non-hydrogen) atoms. The highest BCUT2D eigenvalue weighted by Crippen LogP contribution is 2.37. The molecular formula is C27H28F3N5O2. The summed E-state index contributed by atoms with van der Waals surface area (Å²) in [5.41, 5.74) is 2.87. The summed E-state index contributed by atoms with van der Waals surface area (Å²) in [5, 5.41) is 16.1. The molecule has 0 unspecified atom stereocenters. The molecule has 0 saturated carbocycles. The molecule has 5 rings (SSSR count). The van der Waals surface area contributed by atoms with Crippen molar-refractivity contribution in [1.29, 1.82) is 0 Å². The third-order valence-electron chi connectivity index (χ3n) is 7.07. The smallest absolute Gasteiger partial charge is 0.393 e. The van der Waals surface area contributed by atoms with Crippen LogP contribution in [0.1, 0.15) is 42.9 Å². The second-order valence-electron chi connectivity index (χ2n) is 9.63. The van der Waals surface area contributed by atoms with Gasteiger partial charge >= 0.3 is 12.2 Å². The lowest BCUT2D eigenvalue weighted by atomic mass is 9.88. The molecule has 3 aromatic rings. The Balaban J connectivity index is 1.47. The third kappa shape index (κ3) is 5.39. The summed E-state index contributed by atoms with van der Waals surface area (Å²) in [7, 11) is 0. The van der Waals surface area contributed by atoms with Crippen molar-refractivity contribution >= 4 is 23.2 Å². The topological polar surface area (TPSA) is 90.4 Å². The van der Waals surface area contributed by atoms with E-state index >= 15 is 0 Å². The summed E-state index contributed by atoms with van der Waals surface area (Å²) in [6.07, 6.45) is 0.0865. The maximum absolute atomic E-state index is 13.5. The number of urea groups is 1. The fraction of sp³-hybridized carbons (Fsp3) is 0.370. The Morgan fingerprint density at radius 2 is 1.95 bits per heavy atom. The Kier molecular flexibility index (Phi) is 6.76. The normalized spacial score (nSPS) is 19.4. The summed E-state index contributed by atoms with van der Waals surface area (Å²) in [6.45, 7) is 2.47. The number of halogens is 3. The molecule has 194 valence electrons. The zero-order chi connectivity index (χ0) is 26.2. The standard InChI is InChI=1S/C27H28F3N5O2/c1-16-4-3-11-35(16)26(37)34-24-12-18(27(28,29)30)8-10-20(24)23-14-25(32-15-31-23)33-22-6-2-5-17-7-9-19(36)13-21(17)22/h2,5-6,8,10,12,14-16,19,36H,3-4,7,9,11,13H2,1H3,(H,34,37)(H,31,32,33)/t16-,19-/m1/s1. The number of hydrogen-bond acceptors (Lipinski definition) is 5. The van der Waals surface area contributed by atoms with Gasteiger partial charge in [-0.1, -0.05) is 18.2 Å². The average molecular weight is 512 g/mol. The largest absolute Gasteiger partial charge is 0.416 e. The van der Waals surface area contributed by atoms with Crippen molar-refractivity contribution in [2.24, 2.45) is 0 Å². The number of aromatic nitrogens is 2. The summed E-state index contributed by atoms with van der Waals surface area (Å²) >= 11 is 0. The van der Waals surface area contributed by atoms with E-state index in [0.717, 1.165) is 48.2 Å². The SMILES string of the molecule is C[C@@H]1CCCN1C(=O)Nc1cc(C(F)(F)F)ccc1-c1cc(Nc2cccc3c2C[C@H](O)CC3)ncn1. The number of anilines is 3. The van der Waals surface area contributed by atoms with Crippen molar-refractivity contribution in [3.05, 3.63) is 65.5 Å². The highest BCUT2D eigenvalue weighted by molar-refractivity contribution is 5.94. The summed E-state index contributed by atoms with van der Waals surface area (Å²) < 4.78 is 40.5. The van der Waals surface area contributed by atoms with Crippen molar-refractivity contribution in [1.82, 2.24) is 14.9 Å². The van der Waals surface area contributed by atoms with Crippen molar-refractivity contribution in [3.8, 4) is 11.3 Å². The summed E-state index contributed by atoms with van der Waals surface area (Å²) in [6, 6.07) is 10.3. The minimum Gasteiger partial charge on any atom is -0.393 e. The number of hydrogen-bond donors (Lipinski definition) is 3. The predicted octanol–water partition coefficient (Wildman–Crippen LogP) is 5.77. The van der Waals surface area contributed by atoms with E-state index in [1.807, 2.05) is 25.1 Å². The van der Waals surface area contributed by atoms with Gasteiger partial charge in [0.15, 0.2) is 0 Å². The van der Waals surface area contributed by atoms with Gasteiger partial charge in [-0.3, -0.25) is 0 Å². The molecule has 7 nitrogen and oxygen atoms in total. The van der Waals surface area contributed by atoms with E-state index in [1.165, 1.54) is 12.4 Å². The molecule has 1 fully saturated rings. The van der Waals surface area contributed by atoms with Crippen molar-refractivity contribution < 1.29 is 23.1 Å². The van der Waals surface area contributed by atoms with Gasteiger partial charge in [0.05, 0.1) is 23.0 Å². The van der Waals surface area contributed by atoms with E-state index < -0.39 is 23.9 Å². The summed E-state index contributed by atoms with van der Waals surface area (Å²) in [4.78, 5) is 23.1. The van der Waals surface area contributed by atoms with Crippen molar-refractivity contribution in [2.45, 2.75) is 57.3 Å². The van der Waals surface area contributed by atoms with Gasteiger partial charge in [0.2, 0.25) is 0 Å². The van der Waals surface area contributed by atoms with Gasteiger partial charge in [-0.15, -0.1) is 0 Å². The molecule has 1 aromatic heterocycles. The van der Waals surface area contributed by atoms with E-state index in [-0.39, 0.29) is 11.7 Å². The molecule has 2 amide bonds. The zero-order valence-corrected chi connectivity index (χ0v) is 20.3. The number of carbonyl (C=O) groups excluding carboxylic acids is 1. The number of benzene rings is 2. The number of nitrogens with zero attached hydrogens (tertiary/aromatic N) is 3. The molecular weight excluding hydrogens is 483 g/mol. The number of fused-ring (bicyclic) bond motifs is 1. The van der Waals surface area contributed by atoms with E-state index in [1.54, 1.807) is 11.0 Å². The van der Waals surface area contributed by atoms with Gasteiger partial charge in [0, 0.05) is 36.3 Å². The Hall–Kier alpha value is -3.66. The van der Waals surface area contributed by atoms with E-state index in [0.29, 0.717) is 36.5 Å². The Morgan fingerprint density at radius 1 is 1.11 bits per heavy atom. The first-order chi connectivity index (χ1) is 17.7. The second kappa shape index (κ2) is 10.0. The zero-order valence-electron chi connectivity index (χ0n) is 20.3.